The van der Waals surface area contributed by atoms with E-state index in [9.17, 15) is 68.7 Å². The average molecular weight is 1950 g/mol. The molecular weight excluding hydrogens is 1830 g/mol. The van der Waals surface area contributed by atoms with Gasteiger partial charge in [0.05, 0.1) is 104 Å². The van der Waals surface area contributed by atoms with Gasteiger partial charge in [0.15, 0.2) is 47.5 Å². The largest absolute Gasteiger partial charge is 0.492 e. The molecule has 4 saturated heterocycles. The molecule has 706 valence electrons. The molecule has 4 heterocycles. The molecule has 0 radical (unpaired) electrons. The van der Waals surface area contributed by atoms with Crippen molar-refractivity contribution in [2.24, 2.45) is 29.2 Å². The number of Topliss-reactive ketones (excluding diaryl/α,β-unsaturated/α-hetero) is 3. The summed E-state index contributed by atoms with van der Waals surface area (Å²) in [5.41, 5.74) is 13.2. The number of ketones is 3. The molecule has 2 aliphatic carbocycles. The molecule has 0 saturated carbocycles. The van der Waals surface area contributed by atoms with E-state index in [2.05, 4.69) is 45.1 Å². The number of carbonyl (C=O) groups is 9. The van der Waals surface area contributed by atoms with Crippen molar-refractivity contribution in [3.63, 3.8) is 0 Å². The lowest BCUT2D eigenvalue weighted by Gasteiger charge is -2.47. The number of anilines is 1. The fraction of sp³-hybridized carbons (Fsp3) is 0.648. The van der Waals surface area contributed by atoms with Crippen LogP contribution in [0.5, 0.6) is 17.2 Å². The summed E-state index contributed by atoms with van der Waals surface area (Å²) in [7, 11) is 9.66. The first-order chi connectivity index (χ1) is 60.0. The van der Waals surface area contributed by atoms with Gasteiger partial charge < -0.3 is 124 Å². The molecule has 39 heteroatoms. The van der Waals surface area contributed by atoms with E-state index in [1.54, 1.807) is 89.6 Å². The number of hydrogen-bond donors (Lipinski definition) is 11. The Hall–Kier alpha value is -7.05. The number of benzene rings is 2. The third-order valence-corrected chi connectivity index (χ3v) is 27.8. The molecule has 8 rings (SSSR count). The van der Waals surface area contributed by atoms with Gasteiger partial charge in [-0.25, -0.2) is 9.59 Å². The lowest BCUT2D eigenvalue weighted by Crippen LogP contribution is -2.65. The Balaban J connectivity index is 0.0000221. The first kappa shape index (κ1) is 107. The number of aliphatic hydroxyl groups is 5. The van der Waals surface area contributed by atoms with Gasteiger partial charge in [-0.3, -0.25) is 33.6 Å². The molecular formula is C88H126IN7O28S3. The molecule has 2 aromatic rings. The maximum absolute atomic E-state index is 14.7. The number of thioether (sulfide) groups is 1. The van der Waals surface area contributed by atoms with Gasteiger partial charge in [-0.15, -0.1) is 0 Å². The van der Waals surface area contributed by atoms with Crippen LogP contribution < -0.4 is 47.1 Å². The number of amides is 5. The van der Waals surface area contributed by atoms with E-state index in [-0.39, 0.29) is 134 Å². The van der Waals surface area contributed by atoms with Crippen molar-refractivity contribution in [2.45, 2.75) is 280 Å². The highest BCUT2D eigenvalue weighted by Crippen LogP contribution is 2.50. The maximum atomic E-state index is 14.7. The van der Waals surface area contributed by atoms with Gasteiger partial charge in [0.2, 0.25) is 29.0 Å². The van der Waals surface area contributed by atoms with Crippen molar-refractivity contribution >= 4 is 114 Å². The zero-order valence-electron chi connectivity index (χ0n) is 73.7. The molecule has 0 unspecified atom stereocenters. The summed E-state index contributed by atoms with van der Waals surface area (Å²) in [6, 6.07) is 2.70. The lowest BCUT2D eigenvalue weighted by atomic mass is 9.72. The van der Waals surface area contributed by atoms with Gasteiger partial charge in [0.1, 0.15) is 49.0 Å². The Bertz CT molecular complexity index is 4320. The van der Waals surface area contributed by atoms with Gasteiger partial charge in [0, 0.05) is 98.2 Å². The van der Waals surface area contributed by atoms with Crippen molar-refractivity contribution in [2.75, 3.05) is 72.9 Å². The lowest BCUT2D eigenvalue weighted by molar-refractivity contribution is -0.337. The summed E-state index contributed by atoms with van der Waals surface area (Å²) in [6.07, 6.45) is -14.7. The third kappa shape index (κ3) is 28.7. The second-order valence-corrected chi connectivity index (χ2v) is 37.3. The molecule has 127 heavy (non-hydrogen) atoms. The van der Waals surface area contributed by atoms with Crippen molar-refractivity contribution in [1.29, 1.82) is 0 Å². The molecule has 35 nitrogen and oxygen atoms in total. The standard InChI is InChI=1S/C87H122IN7O28S3.CH4/c1-16-95(86(108)116-42-51-27-29-54(30-28-51)92-80(104)53(25-23-34-91-85(90)107)37-58(97)69(44(2)3)93-81(105)52(36-46(6)96)24-20-22-33-89)57-43-115-64(40-62(57)110-11)121-77-72(102)70(48(8)118-84(77)120-61-26-19-17-18-21-32-87(109)41-60(99)55(38-63(100)111-12)67(61)56(87)31-35-124-126-45(4)5)94-123-65-39-59(98)79(50(10)117-65)125-82(106)66-47(7)68(88)75(78(114-15)74(66)112-13)122-83-73(103)76(113-14)71(101)49(9)119-83;/h17-18,27-31,44-45,48-50,52-53,57,59,61-62,64-65,69-73,76-77,79,83-84,94,98,101-103,109H,16,20,22-25,33-43,89H2,1-15H3,(H,92,104)(H,93,105)(H3,90,91,107);1H4/b18-17-,56-31+;/t48-,49+,50-,52-,53-,57+,59+,61+,62+,64+,65+,69+,70-,71+,72+,73-,76-,77-,79-,83+,84+,87+;/m1./s1. The van der Waals surface area contributed by atoms with Crippen LogP contribution in [0, 0.1) is 51.9 Å². The number of nitrogens with two attached hydrogens (primary N) is 2. The first-order valence-corrected chi connectivity index (χ1v) is 46.3. The van der Waals surface area contributed by atoms with Crippen LogP contribution in [0.3, 0.4) is 0 Å². The van der Waals surface area contributed by atoms with E-state index in [4.69, 9.17) is 77.9 Å². The van der Waals surface area contributed by atoms with Crippen molar-refractivity contribution in [3.8, 4) is 40.9 Å². The molecule has 0 spiro atoms. The van der Waals surface area contributed by atoms with Crippen LogP contribution in [0.2, 0.25) is 0 Å². The van der Waals surface area contributed by atoms with E-state index in [0.29, 0.717) is 46.2 Å². The third-order valence-electron chi connectivity index (χ3n) is 22.3. The average Bonchev–Trinajstić information content (AvgIpc) is 0.754. The summed E-state index contributed by atoms with van der Waals surface area (Å²) in [6.45, 7) is 17.4. The quantitative estimate of drug-likeness (QED) is 0.00788. The number of urea groups is 1. The molecule has 2 bridgehead atoms. The summed E-state index contributed by atoms with van der Waals surface area (Å²) >= 11 is 2.77. The number of carbonyl (C=O) groups excluding carboxylic acids is 9. The molecule has 13 N–H and O–H groups in total. The topological polar surface area (TPSA) is 487 Å². The van der Waals surface area contributed by atoms with Gasteiger partial charge >= 0.3 is 18.1 Å². The van der Waals surface area contributed by atoms with E-state index in [1.165, 1.54) is 70.3 Å². The number of methoxy groups -OCH3 is 5. The number of esters is 1. The van der Waals surface area contributed by atoms with Crippen LogP contribution in [-0.4, -0.2) is 277 Å². The number of nitrogens with one attached hydrogen (secondary N) is 4. The minimum absolute atomic E-state index is 0. The van der Waals surface area contributed by atoms with E-state index in [1.807, 2.05) is 36.4 Å². The molecule has 5 amide bonds. The van der Waals surface area contributed by atoms with Crippen LogP contribution in [0.25, 0.3) is 0 Å². The fourth-order valence-electron chi connectivity index (χ4n) is 15.6. The van der Waals surface area contributed by atoms with Gasteiger partial charge in [-0.05, 0) is 138 Å². The number of unbranched alkanes of at least 4 members (excludes halogenated alkanes) is 1. The number of hydrogen-bond acceptors (Lipinski definition) is 33. The molecule has 6 aliphatic rings. The molecule has 0 aromatic heterocycles. The van der Waals surface area contributed by atoms with Crippen LogP contribution in [0.4, 0.5) is 15.3 Å². The summed E-state index contributed by atoms with van der Waals surface area (Å²) in [5, 5.41) is 66.3. The van der Waals surface area contributed by atoms with Crippen molar-refractivity contribution < 1.29 is 135 Å². The number of nitrogens with zero attached hydrogens (tertiary/aromatic N) is 1. The highest BCUT2D eigenvalue weighted by molar-refractivity contribution is 14.1. The SMILES string of the molecule is C.CCN(C(=O)OCc1ccc(NC(=O)[C@H](CCCNC(N)=O)CC(=O)[C@@H](NC(=O)[C@H](CCCCN)CC(C)=O)C(C)C)cc1)[C@H]1CO[C@@H](O[C@H]2[C@H](O[C@H]3C#C/C=C\C#C[C@]4(O)CC(=O)C(CC(=O)OC)=C3/C4=C\CSSC(C)C)O[C@H](C)[C@@H](NO[C@H]3C[C@H](O)[C@H](SC(=O)c4c(C)c(I)c(O[C@@H]5O[C@@H](C)[C@H](O)[C@@H](OC)[C@H]5O)c(OC)c4OC)[C@@H](C)O3)[C@@H]2O)C[C@@H]1OC. The van der Waals surface area contributed by atoms with E-state index < -0.39 is 193 Å². The number of primary amides is 1. The zero-order chi connectivity index (χ0) is 92.6. The molecule has 2 aromatic carbocycles. The van der Waals surface area contributed by atoms with Gasteiger partial charge in [-0.1, -0.05) is 117 Å². The predicted molar refractivity (Wildman–Crippen MR) is 481 cm³/mol. The number of ether oxygens (including phenoxy) is 13. The Morgan fingerprint density at radius 2 is 1.49 bits per heavy atom. The minimum Gasteiger partial charge on any atom is -0.492 e. The molecule has 22 atom stereocenters. The second-order valence-electron chi connectivity index (χ2n) is 32.1. The summed E-state index contributed by atoms with van der Waals surface area (Å²) in [5.74, 6) is 7.04. The van der Waals surface area contributed by atoms with E-state index in [0.717, 1.165) is 11.8 Å². The predicted octanol–water partition coefficient (Wildman–Crippen LogP) is 7.09. The fourth-order valence-corrected chi connectivity index (χ4v) is 19.2. The molecule has 4 fully saturated rings. The Kier molecular flexibility index (Phi) is 43.1. The van der Waals surface area contributed by atoms with Crippen LogP contribution in [0.15, 0.2) is 59.2 Å². The monoisotopic (exact) mass is 1950 g/mol. The summed E-state index contributed by atoms with van der Waals surface area (Å²) in [4.78, 5) is 130. The highest BCUT2D eigenvalue weighted by Gasteiger charge is 2.53. The van der Waals surface area contributed by atoms with Crippen LogP contribution in [0.1, 0.15) is 162 Å². The number of rotatable bonds is 43. The number of hydroxylamine groups is 1. The van der Waals surface area contributed by atoms with Crippen molar-refractivity contribution in [3.05, 3.63) is 79.5 Å². The van der Waals surface area contributed by atoms with Gasteiger partial charge in [0.25, 0.3) is 0 Å². The van der Waals surface area contributed by atoms with E-state index >= 15 is 0 Å². The smallest absolute Gasteiger partial charge is 0.410 e. The molecule has 4 aliphatic heterocycles. The number of fused-ring (bicyclic) bond motifs is 2. The van der Waals surface area contributed by atoms with Crippen molar-refractivity contribution in [1.82, 2.24) is 21.0 Å². The number of allylic oxidation sites excluding steroid dienone is 2. The number of halogens is 1. The second kappa shape index (κ2) is 51.1. The normalized spacial score (nSPS) is 28.3. The Morgan fingerprint density at radius 1 is 0.803 bits per heavy atom. The summed E-state index contributed by atoms with van der Waals surface area (Å²) < 4.78 is 79.9. The zero-order valence-corrected chi connectivity index (χ0v) is 78.3. The van der Waals surface area contributed by atoms with Crippen LogP contribution >= 0.6 is 55.9 Å². The maximum Gasteiger partial charge on any atom is 0.410 e. The Labute approximate surface area is 768 Å². The van der Waals surface area contributed by atoms with Gasteiger partial charge in [-0.2, -0.15) is 5.48 Å². The Morgan fingerprint density at radius 3 is 2.12 bits per heavy atom. The number of likely N-dealkylation sites (N-methyl/N-ethyl adjacent to an activating group) is 1. The minimum atomic E-state index is -2.12. The van der Waals surface area contributed by atoms with Crippen LogP contribution in [-0.2, 0) is 87.6 Å². The number of aliphatic hydroxyl groups excluding tert-OH is 4. The first-order valence-electron chi connectivity index (χ1n) is 42.0. The highest BCUT2D eigenvalue weighted by atomic mass is 127.